The molecule has 3 rings (SSSR count). The highest BCUT2D eigenvalue weighted by atomic mass is 16.5. The fourth-order valence-electron chi connectivity index (χ4n) is 3.40. The van der Waals surface area contributed by atoms with Gasteiger partial charge in [0.2, 0.25) is 5.89 Å². The van der Waals surface area contributed by atoms with Gasteiger partial charge in [-0.3, -0.25) is 9.79 Å². The van der Waals surface area contributed by atoms with Crippen LogP contribution in [0.1, 0.15) is 37.9 Å². The van der Waals surface area contributed by atoms with Crippen LogP contribution >= 0.6 is 0 Å². The number of aliphatic imine (C=N–C) groups is 1. The molecule has 3 heterocycles. The summed E-state index contributed by atoms with van der Waals surface area (Å²) in [5.74, 6) is 2.37. The Hall–Kier alpha value is -2.16. The Morgan fingerprint density at radius 2 is 2.07 bits per heavy atom. The molecule has 9 nitrogen and oxygen atoms in total. The molecular weight excluding hydrogens is 348 g/mol. The number of nitrogens with zero attached hydrogens (tertiary/aromatic N) is 5. The van der Waals surface area contributed by atoms with Crippen molar-refractivity contribution in [3.8, 4) is 0 Å². The van der Waals surface area contributed by atoms with Crippen LogP contribution in [0, 0.1) is 6.92 Å². The second-order valence-corrected chi connectivity index (χ2v) is 6.89. The molecule has 1 unspecified atom stereocenters. The van der Waals surface area contributed by atoms with E-state index >= 15 is 0 Å². The van der Waals surface area contributed by atoms with Crippen molar-refractivity contribution in [2.45, 2.75) is 45.6 Å². The first-order chi connectivity index (χ1) is 13.2. The van der Waals surface area contributed by atoms with Crippen LogP contribution in [0.3, 0.4) is 0 Å². The molecule has 1 N–H and O–H groups in total. The van der Waals surface area contributed by atoms with Crippen LogP contribution in [-0.4, -0.2) is 83.8 Å². The normalized spacial score (nSPS) is 21.0. The predicted molar refractivity (Wildman–Crippen MR) is 100 cm³/mol. The predicted octanol–water partition coefficient (Wildman–Crippen LogP) is 0.599. The zero-order valence-corrected chi connectivity index (χ0v) is 16.3. The van der Waals surface area contributed by atoms with Gasteiger partial charge in [-0.25, -0.2) is 0 Å². The third kappa shape index (κ3) is 5.41. The number of aromatic nitrogens is 2. The quantitative estimate of drug-likeness (QED) is 0.440. The van der Waals surface area contributed by atoms with Crippen LogP contribution in [0.4, 0.5) is 0 Å². The van der Waals surface area contributed by atoms with Crippen molar-refractivity contribution in [3.05, 3.63) is 11.7 Å². The van der Waals surface area contributed by atoms with E-state index in [9.17, 15) is 4.79 Å². The standard InChI is InChI=1S/C18H30N6O3/c1-3-19-18(20-8-4-7-16-21-14(2)22-27-16)24-11-9-23(10-12-24)17(25)15-6-5-13-26-15/h15H,3-13H2,1-2H3,(H,19,20). The number of carbonyl (C=O) groups excluding carboxylic acids is 1. The first-order valence-electron chi connectivity index (χ1n) is 9.90. The lowest BCUT2D eigenvalue weighted by Gasteiger charge is -2.37. The van der Waals surface area contributed by atoms with Crippen LogP contribution in [0.15, 0.2) is 9.52 Å². The third-order valence-electron chi connectivity index (χ3n) is 4.81. The number of rotatable bonds is 6. The molecule has 0 aliphatic carbocycles. The summed E-state index contributed by atoms with van der Waals surface area (Å²) in [6, 6.07) is 0. The number of nitrogens with one attached hydrogen (secondary N) is 1. The van der Waals surface area contributed by atoms with E-state index in [1.165, 1.54) is 0 Å². The monoisotopic (exact) mass is 378 g/mol. The topological polar surface area (TPSA) is 96.1 Å². The van der Waals surface area contributed by atoms with Gasteiger partial charge in [0.25, 0.3) is 5.91 Å². The second-order valence-electron chi connectivity index (χ2n) is 6.89. The molecule has 1 aromatic heterocycles. The Kier molecular flexibility index (Phi) is 7.03. The van der Waals surface area contributed by atoms with Crippen molar-refractivity contribution < 1.29 is 14.1 Å². The Bertz CT molecular complexity index is 633. The van der Waals surface area contributed by atoms with Crippen molar-refractivity contribution in [2.24, 2.45) is 4.99 Å². The number of aryl methyl sites for hydroxylation is 2. The summed E-state index contributed by atoms with van der Waals surface area (Å²) in [5, 5.41) is 7.15. The molecule has 27 heavy (non-hydrogen) atoms. The van der Waals surface area contributed by atoms with E-state index in [0.29, 0.717) is 38.0 Å². The molecule has 2 fully saturated rings. The first kappa shape index (κ1) is 19.6. The van der Waals surface area contributed by atoms with E-state index in [0.717, 1.165) is 51.3 Å². The van der Waals surface area contributed by atoms with Crippen molar-refractivity contribution in [1.29, 1.82) is 0 Å². The Morgan fingerprint density at radius 1 is 1.30 bits per heavy atom. The van der Waals surface area contributed by atoms with Crippen LogP contribution in [-0.2, 0) is 16.0 Å². The van der Waals surface area contributed by atoms with Crippen molar-refractivity contribution in [1.82, 2.24) is 25.3 Å². The smallest absolute Gasteiger partial charge is 0.251 e. The van der Waals surface area contributed by atoms with E-state index in [1.54, 1.807) is 0 Å². The molecule has 0 radical (unpaired) electrons. The molecule has 1 atom stereocenters. The molecule has 9 heteroatoms. The third-order valence-corrected chi connectivity index (χ3v) is 4.81. The highest BCUT2D eigenvalue weighted by molar-refractivity contribution is 5.82. The summed E-state index contributed by atoms with van der Waals surface area (Å²) in [7, 11) is 0. The summed E-state index contributed by atoms with van der Waals surface area (Å²) in [4.78, 5) is 25.5. The van der Waals surface area contributed by atoms with E-state index in [2.05, 4.69) is 27.3 Å². The fourth-order valence-corrected chi connectivity index (χ4v) is 3.40. The zero-order valence-electron chi connectivity index (χ0n) is 16.3. The molecule has 1 aromatic rings. The summed E-state index contributed by atoms with van der Waals surface area (Å²) >= 11 is 0. The largest absolute Gasteiger partial charge is 0.368 e. The lowest BCUT2D eigenvalue weighted by atomic mass is 10.2. The maximum atomic E-state index is 12.5. The van der Waals surface area contributed by atoms with Crippen LogP contribution in [0.2, 0.25) is 0 Å². The minimum Gasteiger partial charge on any atom is -0.368 e. The molecular formula is C18H30N6O3. The van der Waals surface area contributed by atoms with Gasteiger partial charge < -0.3 is 24.4 Å². The number of hydrogen-bond donors (Lipinski definition) is 1. The first-order valence-corrected chi connectivity index (χ1v) is 9.90. The minimum atomic E-state index is -0.230. The number of hydrogen-bond acceptors (Lipinski definition) is 6. The molecule has 0 spiro atoms. The van der Waals surface area contributed by atoms with Gasteiger partial charge >= 0.3 is 0 Å². The summed E-state index contributed by atoms with van der Waals surface area (Å²) in [6.45, 7) is 9.09. The second kappa shape index (κ2) is 9.68. The van der Waals surface area contributed by atoms with E-state index in [1.807, 2.05) is 11.8 Å². The van der Waals surface area contributed by atoms with Gasteiger partial charge in [-0.05, 0) is 33.1 Å². The SMILES string of the molecule is CCNC(=NCCCc1nc(C)no1)N1CCN(C(=O)C2CCCO2)CC1. The molecule has 0 bridgehead atoms. The molecule has 1 amide bonds. The van der Waals surface area contributed by atoms with Crippen molar-refractivity contribution in [3.63, 3.8) is 0 Å². The molecule has 2 aliphatic rings. The number of piperazine rings is 1. The molecule has 2 saturated heterocycles. The number of ether oxygens (including phenoxy) is 1. The summed E-state index contributed by atoms with van der Waals surface area (Å²) in [5.41, 5.74) is 0. The zero-order chi connectivity index (χ0) is 19.1. The highest BCUT2D eigenvalue weighted by Gasteiger charge is 2.30. The molecule has 150 valence electrons. The lowest BCUT2D eigenvalue weighted by molar-refractivity contribution is -0.142. The fraction of sp³-hybridized carbons (Fsp3) is 0.778. The van der Waals surface area contributed by atoms with Gasteiger partial charge in [-0.15, -0.1) is 0 Å². The highest BCUT2D eigenvalue weighted by Crippen LogP contribution is 2.16. The van der Waals surface area contributed by atoms with E-state index < -0.39 is 0 Å². The lowest BCUT2D eigenvalue weighted by Crippen LogP contribution is -2.55. The van der Waals surface area contributed by atoms with E-state index in [4.69, 9.17) is 14.3 Å². The molecule has 0 saturated carbocycles. The Labute approximate surface area is 160 Å². The average molecular weight is 378 g/mol. The van der Waals surface area contributed by atoms with E-state index in [-0.39, 0.29) is 12.0 Å². The Balaban J connectivity index is 1.46. The number of guanidine groups is 1. The summed E-state index contributed by atoms with van der Waals surface area (Å²) in [6.07, 6.45) is 3.19. The Morgan fingerprint density at radius 3 is 2.70 bits per heavy atom. The van der Waals surface area contributed by atoms with Gasteiger partial charge in [-0.1, -0.05) is 5.16 Å². The summed E-state index contributed by atoms with van der Waals surface area (Å²) < 4.78 is 10.7. The average Bonchev–Trinajstić information content (AvgIpc) is 3.36. The van der Waals surface area contributed by atoms with Gasteiger partial charge in [0.1, 0.15) is 6.10 Å². The van der Waals surface area contributed by atoms with Crippen molar-refractivity contribution >= 4 is 11.9 Å². The van der Waals surface area contributed by atoms with Crippen LogP contribution in [0.25, 0.3) is 0 Å². The maximum Gasteiger partial charge on any atom is 0.251 e. The van der Waals surface area contributed by atoms with Crippen LogP contribution < -0.4 is 5.32 Å². The van der Waals surface area contributed by atoms with Gasteiger partial charge in [-0.2, -0.15) is 4.98 Å². The van der Waals surface area contributed by atoms with Crippen molar-refractivity contribution in [2.75, 3.05) is 45.9 Å². The van der Waals surface area contributed by atoms with Gasteiger partial charge in [0.05, 0.1) is 0 Å². The number of carbonyl (C=O) groups is 1. The maximum absolute atomic E-state index is 12.5. The number of amides is 1. The van der Waals surface area contributed by atoms with Crippen LogP contribution in [0.5, 0.6) is 0 Å². The van der Waals surface area contributed by atoms with Gasteiger partial charge in [0, 0.05) is 52.3 Å². The molecule has 0 aromatic carbocycles. The minimum absolute atomic E-state index is 0.143. The molecule has 2 aliphatic heterocycles. The van der Waals surface area contributed by atoms with Gasteiger partial charge in [0.15, 0.2) is 11.8 Å².